The highest BCUT2D eigenvalue weighted by molar-refractivity contribution is 5.80. The van der Waals surface area contributed by atoms with Crippen LogP contribution in [0.4, 0.5) is 0 Å². The fourth-order valence-electron chi connectivity index (χ4n) is 2.49. The Hall–Kier alpha value is -1.14. The molecule has 2 saturated heterocycles. The largest absolute Gasteiger partial charge is 0.481 e. The highest BCUT2D eigenvalue weighted by atomic mass is 16.5. The van der Waals surface area contributed by atoms with Gasteiger partial charge in [-0.15, -0.1) is 0 Å². The first-order valence-electron chi connectivity index (χ1n) is 6.51. The number of hydrogen-bond acceptors (Lipinski definition) is 4. The number of aliphatic carboxylic acids is 1. The Kier molecular flexibility index (Phi) is 4.54. The van der Waals surface area contributed by atoms with Crippen molar-refractivity contribution < 1.29 is 19.4 Å². The summed E-state index contributed by atoms with van der Waals surface area (Å²) in [7, 11) is 0. The Morgan fingerprint density at radius 2 is 2.17 bits per heavy atom. The van der Waals surface area contributed by atoms with Crippen molar-refractivity contribution in [3.05, 3.63) is 0 Å². The van der Waals surface area contributed by atoms with Crippen LogP contribution < -0.4 is 5.32 Å². The molecule has 2 unspecified atom stereocenters. The maximum Gasteiger partial charge on any atom is 0.307 e. The molecule has 2 aliphatic heterocycles. The van der Waals surface area contributed by atoms with E-state index in [0.717, 1.165) is 32.2 Å². The number of piperidine rings is 1. The number of nitrogens with zero attached hydrogens (tertiary/aromatic N) is 1. The number of ether oxygens (including phenoxy) is 1. The Bertz CT molecular complexity index is 315. The SMILES string of the molecule is O=C(O)C1CCCN(CNC(=O)C2CCCO2)C1. The summed E-state index contributed by atoms with van der Waals surface area (Å²) in [6, 6.07) is 0. The van der Waals surface area contributed by atoms with Crippen LogP contribution in [0.1, 0.15) is 25.7 Å². The van der Waals surface area contributed by atoms with Gasteiger partial charge in [-0.3, -0.25) is 14.5 Å². The lowest BCUT2D eigenvalue weighted by molar-refractivity contribution is -0.143. The van der Waals surface area contributed by atoms with Gasteiger partial charge in [0.05, 0.1) is 12.6 Å². The quantitative estimate of drug-likeness (QED) is 0.742. The Morgan fingerprint density at radius 3 is 2.83 bits per heavy atom. The molecule has 2 fully saturated rings. The third-order valence-electron chi connectivity index (χ3n) is 3.55. The minimum absolute atomic E-state index is 0.0788. The summed E-state index contributed by atoms with van der Waals surface area (Å²) in [5.74, 6) is -1.13. The number of rotatable bonds is 4. The monoisotopic (exact) mass is 256 g/mol. The molecule has 1 amide bonds. The lowest BCUT2D eigenvalue weighted by Crippen LogP contribution is -2.46. The third kappa shape index (κ3) is 3.43. The molecule has 18 heavy (non-hydrogen) atoms. The van der Waals surface area contributed by atoms with Gasteiger partial charge in [-0.1, -0.05) is 0 Å². The average Bonchev–Trinajstić information content (AvgIpc) is 2.90. The van der Waals surface area contributed by atoms with E-state index in [1.54, 1.807) is 0 Å². The number of amides is 1. The topological polar surface area (TPSA) is 78.9 Å². The lowest BCUT2D eigenvalue weighted by Gasteiger charge is -2.30. The van der Waals surface area contributed by atoms with Crippen molar-refractivity contribution in [1.82, 2.24) is 10.2 Å². The summed E-state index contributed by atoms with van der Waals surface area (Å²) in [5, 5.41) is 11.8. The van der Waals surface area contributed by atoms with Crippen molar-refractivity contribution in [2.24, 2.45) is 5.92 Å². The fourth-order valence-corrected chi connectivity index (χ4v) is 2.49. The highest BCUT2D eigenvalue weighted by Gasteiger charge is 2.27. The molecule has 6 nitrogen and oxygen atoms in total. The van der Waals surface area contributed by atoms with Crippen molar-refractivity contribution in [2.45, 2.75) is 31.8 Å². The van der Waals surface area contributed by atoms with Gasteiger partial charge in [0.2, 0.25) is 5.91 Å². The van der Waals surface area contributed by atoms with E-state index in [9.17, 15) is 9.59 Å². The molecular formula is C12H20N2O4. The Morgan fingerprint density at radius 1 is 1.33 bits per heavy atom. The summed E-state index contributed by atoms with van der Waals surface area (Å²) in [4.78, 5) is 24.6. The van der Waals surface area contributed by atoms with Gasteiger partial charge in [-0.05, 0) is 32.2 Å². The predicted molar refractivity (Wildman–Crippen MR) is 63.9 cm³/mol. The van der Waals surface area contributed by atoms with Gasteiger partial charge in [0, 0.05) is 13.2 Å². The van der Waals surface area contributed by atoms with Gasteiger partial charge >= 0.3 is 5.97 Å². The molecule has 0 aromatic heterocycles. The molecule has 0 aliphatic carbocycles. The molecule has 0 bridgehead atoms. The van der Waals surface area contributed by atoms with E-state index >= 15 is 0 Å². The van der Waals surface area contributed by atoms with Crippen molar-refractivity contribution in [2.75, 3.05) is 26.4 Å². The zero-order valence-electron chi connectivity index (χ0n) is 10.4. The summed E-state index contributed by atoms with van der Waals surface area (Å²) in [6.07, 6.45) is 3.00. The summed E-state index contributed by atoms with van der Waals surface area (Å²) < 4.78 is 5.29. The highest BCUT2D eigenvalue weighted by Crippen LogP contribution is 2.16. The van der Waals surface area contributed by atoms with E-state index in [0.29, 0.717) is 19.8 Å². The van der Waals surface area contributed by atoms with Crippen molar-refractivity contribution in [3.8, 4) is 0 Å². The number of nitrogens with one attached hydrogen (secondary N) is 1. The molecule has 0 aromatic rings. The molecule has 2 heterocycles. The van der Waals surface area contributed by atoms with Gasteiger partial charge in [0.15, 0.2) is 0 Å². The molecule has 0 spiro atoms. The summed E-state index contributed by atoms with van der Waals surface area (Å²) in [5.41, 5.74) is 0. The number of carbonyl (C=O) groups is 2. The standard InChI is InChI=1S/C12H20N2O4/c15-11(10-4-2-6-18-10)13-8-14-5-1-3-9(7-14)12(16)17/h9-10H,1-8H2,(H,13,15)(H,16,17). The van der Waals surface area contributed by atoms with Gasteiger partial charge in [-0.2, -0.15) is 0 Å². The van der Waals surface area contributed by atoms with E-state index in [1.165, 1.54) is 0 Å². The van der Waals surface area contributed by atoms with E-state index in [2.05, 4.69) is 5.32 Å². The van der Waals surface area contributed by atoms with Crippen LogP contribution in [0.15, 0.2) is 0 Å². The van der Waals surface area contributed by atoms with Crippen LogP contribution in [0.25, 0.3) is 0 Å². The molecule has 0 radical (unpaired) electrons. The van der Waals surface area contributed by atoms with Gasteiger partial charge in [0.1, 0.15) is 6.10 Å². The van der Waals surface area contributed by atoms with Crippen LogP contribution in [-0.4, -0.2) is 54.4 Å². The smallest absolute Gasteiger partial charge is 0.307 e. The number of likely N-dealkylation sites (tertiary alicyclic amines) is 1. The number of carboxylic acid groups (broad SMARTS) is 1. The van der Waals surface area contributed by atoms with Crippen molar-refractivity contribution >= 4 is 11.9 Å². The second-order valence-electron chi connectivity index (χ2n) is 4.96. The normalized spacial score (nSPS) is 29.1. The maximum absolute atomic E-state index is 11.7. The summed E-state index contributed by atoms with van der Waals surface area (Å²) in [6.45, 7) is 2.43. The second kappa shape index (κ2) is 6.15. The molecular weight excluding hydrogens is 236 g/mol. The van der Waals surface area contributed by atoms with Crippen LogP contribution in [0.5, 0.6) is 0 Å². The van der Waals surface area contributed by atoms with E-state index < -0.39 is 5.97 Å². The van der Waals surface area contributed by atoms with Crippen molar-refractivity contribution in [3.63, 3.8) is 0 Å². The third-order valence-corrected chi connectivity index (χ3v) is 3.55. The Labute approximate surface area is 106 Å². The minimum atomic E-state index is -0.745. The van der Waals surface area contributed by atoms with Crippen LogP contribution in [0, 0.1) is 5.92 Å². The zero-order valence-corrected chi connectivity index (χ0v) is 10.4. The first-order valence-corrected chi connectivity index (χ1v) is 6.51. The summed E-state index contributed by atoms with van der Waals surface area (Å²) >= 11 is 0. The maximum atomic E-state index is 11.7. The van der Waals surface area contributed by atoms with Gasteiger partial charge in [-0.25, -0.2) is 0 Å². The molecule has 2 rings (SSSR count). The molecule has 2 N–H and O–H groups in total. The predicted octanol–water partition coefficient (Wildman–Crippen LogP) is 0.0357. The lowest BCUT2D eigenvalue weighted by atomic mass is 9.99. The molecule has 6 heteroatoms. The van der Waals surface area contributed by atoms with E-state index in [-0.39, 0.29) is 17.9 Å². The molecule has 102 valence electrons. The van der Waals surface area contributed by atoms with E-state index in [4.69, 9.17) is 9.84 Å². The number of carbonyl (C=O) groups excluding carboxylic acids is 1. The molecule has 0 saturated carbocycles. The average molecular weight is 256 g/mol. The first kappa shape index (κ1) is 13.3. The first-order chi connectivity index (χ1) is 8.66. The van der Waals surface area contributed by atoms with E-state index in [1.807, 2.05) is 4.90 Å². The minimum Gasteiger partial charge on any atom is -0.481 e. The fraction of sp³-hybridized carbons (Fsp3) is 0.833. The molecule has 2 atom stereocenters. The zero-order chi connectivity index (χ0) is 13.0. The van der Waals surface area contributed by atoms with Crippen LogP contribution >= 0.6 is 0 Å². The van der Waals surface area contributed by atoms with Gasteiger partial charge < -0.3 is 15.2 Å². The molecule has 2 aliphatic rings. The van der Waals surface area contributed by atoms with Crippen LogP contribution in [0.3, 0.4) is 0 Å². The van der Waals surface area contributed by atoms with Crippen LogP contribution in [0.2, 0.25) is 0 Å². The van der Waals surface area contributed by atoms with Gasteiger partial charge in [0.25, 0.3) is 0 Å². The van der Waals surface area contributed by atoms with Crippen LogP contribution in [-0.2, 0) is 14.3 Å². The van der Waals surface area contributed by atoms with Crippen molar-refractivity contribution in [1.29, 1.82) is 0 Å². The number of hydrogen-bond donors (Lipinski definition) is 2. The second-order valence-corrected chi connectivity index (χ2v) is 4.96. The molecule has 0 aromatic carbocycles. The Balaban J connectivity index is 1.72. The number of carboxylic acids is 1.